The molecule has 6 heteroatoms. The fraction of sp³-hybridized carbons (Fsp3) is 0.286. The highest BCUT2D eigenvalue weighted by Gasteiger charge is 2.18. The summed E-state index contributed by atoms with van der Waals surface area (Å²) in [6.45, 7) is 0.798. The summed E-state index contributed by atoms with van der Waals surface area (Å²) < 4.78 is 0. The molecule has 0 atom stereocenters. The molecule has 27 heavy (non-hydrogen) atoms. The number of hydrogen-bond acceptors (Lipinski definition) is 6. The van der Waals surface area contributed by atoms with Crippen molar-refractivity contribution in [1.82, 2.24) is 0 Å². The van der Waals surface area contributed by atoms with E-state index >= 15 is 0 Å². The predicted octanol–water partition coefficient (Wildman–Crippen LogP) is 2.16. The molecule has 0 fully saturated rings. The third-order valence-electron chi connectivity index (χ3n) is 4.32. The molecule has 0 saturated heterocycles. The standard InChI is InChI=1S/C21H20N4O2/c22-13-19(14-23)16-1-3-17(4-2-16)21(15-24)18-5-7-20(8-6-18)25(9-11-26)10-12-27/h1-8,16,19,26-27H,9-12H2. The molecule has 6 nitrogen and oxygen atoms in total. The van der Waals surface area contributed by atoms with Crippen LogP contribution in [0.4, 0.5) is 5.69 Å². The maximum Gasteiger partial charge on any atom is 0.143 e. The van der Waals surface area contributed by atoms with E-state index in [2.05, 4.69) is 6.07 Å². The lowest BCUT2D eigenvalue weighted by molar-refractivity contribution is 0.281. The van der Waals surface area contributed by atoms with E-state index in [4.69, 9.17) is 20.7 Å². The van der Waals surface area contributed by atoms with Gasteiger partial charge >= 0.3 is 0 Å². The molecule has 2 rings (SSSR count). The molecule has 136 valence electrons. The topological polar surface area (TPSA) is 115 Å². The van der Waals surface area contributed by atoms with Crippen LogP contribution < -0.4 is 4.90 Å². The van der Waals surface area contributed by atoms with E-state index in [-0.39, 0.29) is 19.1 Å². The summed E-state index contributed by atoms with van der Waals surface area (Å²) in [4.78, 5) is 1.86. The van der Waals surface area contributed by atoms with Crippen LogP contribution in [0.5, 0.6) is 0 Å². The molecule has 0 unspecified atom stereocenters. The van der Waals surface area contributed by atoms with E-state index in [1.165, 1.54) is 0 Å². The van der Waals surface area contributed by atoms with Gasteiger partial charge in [0.05, 0.1) is 30.9 Å². The summed E-state index contributed by atoms with van der Waals surface area (Å²) in [5.41, 5.74) is 2.81. The summed E-state index contributed by atoms with van der Waals surface area (Å²) in [6.07, 6.45) is 7.07. The molecule has 2 N–H and O–H groups in total. The van der Waals surface area contributed by atoms with E-state index in [0.717, 1.165) is 16.8 Å². The van der Waals surface area contributed by atoms with E-state index in [1.807, 2.05) is 41.3 Å². The Kier molecular flexibility index (Phi) is 7.35. The molecule has 1 aromatic carbocycles. The Morgan fingerprint density at radius 2 is 1.52 bits per heavy atom. The fourth-order valence-electron chi connectivity index (χ4n) is 2.89. The maximum atomic E-state index is 9.59. The molecular weight excluding hydrogens is 340 g/mol. The smallest absolute Gasteiger partial charge is 0.143 e. The number of nitrogens with zero attached hydrogens (tertiary/aromatic N) is 4. The van der Waals surface area contributed by atoms with Gasteiger partial charge in [0.1, 0.15) is 12.0 Å². The van der Waals surface area contributed by atoms with Crippen molar-refractivity contribution < 1.29 is 10.2 Å². The summed E-state index contributed by atoms with van der Waals surface area (Å²) >= 11 is 0. The van der Waals surface area contributed by atoms with E-state index < -0.39 is 5.92 Å². The van der Waals surface area contributed by atoms with Crippen LogP contribution in [0.2, 0.25) is 0 Å². The second-order valence-corrected chi connectivity index (χ2v) is 5.95. The van der Waals surface area contributed by atoms with Crippen molar-refractivity contribution in [3.05, 3.63) is 59.7 Å². The van der Waals surface area contributed by atoms with Crippen molar-refractivity contribution >= 4 is 11.3 Å². The zero-order valence-electron chi connectivity index (χ0n) is 14.8. The molecule has 0 heterocycles. The summed E-state index contributed by atoms with van der Waals surface area (Å²) in [5, 5.41) is 45.8. The molecule has 0 aromatic heterocycles. The first-order chi connectivity index (χ1) is 13.2. The molecule has 0 saturated carbocycles. The van der Waals surface area contributed by atoms with Crippen molar-refractivity contribution in [3.8, 4) is 18.2 Å². The first-order valence-electron chi connectivity index (χ1n) is 8.55. The number of anilines is 1. The number of allylic oxidation sites excluding steroid dienone is 6. The Hall–Kier alpha value is -3.37. The van der Waals surface area contributed by atoms with Gasteiger partial charge in [-0.15, -0.1) is 0 Å². The minimum atomic E-state index is -0.743. The minimum Gasteiger partial charge on any atom is -0.395 e. The van der Waals surface area contributed by atoms with Gasteiger partial charge in [-0.25, -0.2) is 0 Å². The molecule has 0 spiro atoms. The highest BCUT2D eigenvalue weighted by atomic mass is 16.3. The van der Waals surface area contributed by atoms with Crippen molar-refractivity contribution in [3.63, 3.8) is 0 Å². The average molecular weight is 360 g/mol. The zero-order chi connectivity index (χ0) is 19.6. The lowest BCUT2D eigenvalue weighted by atomic mass is 9.88. The van der Waals surface area contributed by atoms with Crippen LogP contribution >= 0.6 is 0 Å². The first-order valence-corrected chi connectivity index (χ1v) is 8.55. The number of hydrogen-bond donors (Lipinski definition) is 2. The number of aliphatic hydroxyl groups excluding tert-OH is 2. The Balaban J connectivity index is 2.26. The van der Waals surface area contributed by atoms with Gasteiger partial charge in [0, 0.05) is 24.7 Å². The lowest BCUT2D eigenvalue weighted by Crippen LogP contribution is -2.29. The second-order valence-electron chi connectivity index (χ2n) is 5.95. The quantitative estimate of drug-likeness (QED) is 0.720. The third-order valence-corrected chi connectivity index (χ3v) is 4.32. The van der Waals surface area contributed by atoms with Crippen LogP contribution in [-0.4, -0.2) is 36.5 Å². The Morgan fingerprint density at radius 3 is 1.96 bits per heavy atom. The highest BCUT2D eigenvalue weighted by molar-refractivity contribution is 5.83. The molecule has 1 aliphatic rings. The fourth-order valence-corrected chi connectivity index (χ4v) is 2.89. The normalized spacial score (nSPS) is 15.1. The predicted molar refractivity (Wildman–Crippen MR) is 102 cm³/mol. The van der Waals surface area contributed by atoms with Crippen LogP contribution in [0, 0.1) is 45.8 Å². The SMILES string of the molecule is N#CC(=C1C=CC(C(C#N)C#N)C=C1)c1ccc(N(CCO)CCO)cc1. The molecule has 0 radical (unpaired) electrons. The number of nitriles is 3. The van der Waals surface area contributed by atoms with Crippen molar-refractivity contribution in [1.29, 1.82) is 15.8 Å². The van der Waals surface area contributed by atoms with Gasteiger partial charge in [0.15, 0.2) is 0 Å². The van der Waals surface area contributed by atoms with E-state index in [0.29, 0.717) is 18.7 Å². The van der Waals surface area contributed by atoms with Crippen LogP contribution in [0.15, 0.2) is 54.1 Å². The summed E-state index contributed by atoms with van der Waals surface area (Å²) in [5.74, 6) is -1.02. The van der Waals surface area contributed by atoms with Gasteiger partial charge in [0.25, 0.3) is 0 Å². The first kappa shape index (κ1) is 19.9. The van der Waals surface area contributed by atoms with Crippen molar-refractivity contribution in [2.45, 2.75) is 0 Å². The molecule has 1 aliphatic carbocycles. The van der Waals surface area contributed by atoms with E-state index in [1.54, 1.807) is 24.3 Å². The van der Waals surface area contributed by atoms with Crippen LogP contribution in [0.1, 0.15) is 5.56 Å². The number of aliphatic hydroxyl groups is 2. The van der Waals surface area contributed by atoms with Crippen molar-refractivity contribution in [2.75, 3.05) is 31.2 Å². The molecule has 0 bridgehead atoms. The third kappa shape index (κ3) is 4.84. The van der Waals surface area contributed by atoms with Gasteiger partial charge in [-0.05, 0) is 23.3 Å². The zero-order valence-corrected chi connectivity index (χ0v) is 14.8. The van der Waals surface area contributed by atoms with Gasteiger partial charge in [-0.2, -0.15) is 15.8 Å². The lowest BCUT2D eigenvalue weighted by Gasteiger charge is -2.23. The Bertz CT molecular complexity index is 827. The summed E-state index contributed by atoms with van der Waals surface area (Å²) in [7, 11) is 0. The van der Waals surface area contributed by atoms with E-state index in [9.17, 15) is 5.26 Å². The monoisotopic (exact) mass is 360 g/mol. The maximum absolute atomic E-state index is 9.59. The van der Waals surface area contributed by atoms with Crippen LogP contribution in [0.25, 0.3) is 5.57 Å². The van der Waals surface area contributed by atoms with Crippen LogP contribution in [-0.2, 0) is 0 Å². The average Bonchev–Trinajstić information content (AvgIpc) is 2.71. The van der Waals surface area contributed by atoms with Crippen molar-refractivity contribution in [2.24, 2.45) is 11.8 Å². The van der Waals surface area contributed by atoms with Gasteiger partial charge < -0.3 is 15.1 Å². The number of rotatable bonds is 7. The summed E-state index contributed by atoms with van der Waals surface area (Å²) in [6, 6.07) is 13.5. The largest absolute Gasteiger partial charge is 0.395 e. The Labute approximate surface area is 158 Å². The van der Waals surface area contributed by atoms with Gasteiger partial charge in [-0.3, -0.25) is 0 Å². The van der Waals surface area contributed by atoms with Gasteiger partial charge in [-0.1, -0.05) is 36.4 Å². The molecule has 0 amide bonds. The minimum absolute atomic E-state index is 0.0155. The Morgan fingerprint density at radius 1 is 0.963 bits per heavy atom. The highest BCUT2D eigenvalue weighted by Crippen LogP contribution is 2.28. The molecule has 1 aromatic rings. The molecule has 0 aliphatic heterocycles. The number of benzene rings is 1. The van der Waals surface area contributed by atoms with Crippen LogP contribution in [0.3, 0.4) is 0 Å². The second kappa shape index (κ2) is 9.94. The molecular formula is C21H20N4O2. The van der Waals surface area contributed by atoms with Gasteiger partial charge in [0.2, 0.25) is 0 Å².